The topological polar surface area (TPSA) is 88.8 Å². The van der Waals surface area contributed by atoms with Crippen LogP contribution in [0.2, 0.25) is 0 Å². The lowest BCUT2D eigenvalue weighted by molar-refractivity contribution is -0.139. The van der Waals surface area contributed by atoms with Gasteiger partial charge in [0.1, 0.15) is 11.6 Å². The number of para-hydroxylation sites is 1. The van der Waals surface area contributed by atoms with Gasteiger partial charge in [0.15, 0.2) is 5.76 Å². The minimum Gasteiger partial charge on any atom is -0.480 e. The number of amides is 1. The van der Waals surface area contributed by atoms with Gasteiger partial charge in [-0.2, -0.15) is 0 Å². The fourth-order valence-corrected chi connectivity index (χ4v) is 2.49. The van der Waals surface area contributed by atoms with E-state index in [4.69, 9.17) is 9.15 Å². The minimum absolute atomic E-state index is 0.100. The van der Waals surface area contributed by atoms with Crippen LogP contribution in [0.1, 0.15) is 36.4 Å². The van der Waals surface area contributed by atoms with Gasteiger partial charge >= 0.3 is 5.97 Å². The molecule has 0 spiro atoms. The summed E-state index contributed by atoms with van der Waals surface area (Å²) in [5.41, 5.74) is 1.19. The second-order valence-corrected chi connectivity index (χ2v) is 5.83. The van der Waals surface area contributed by atoms with Crippen LogP contribution in [0.4, 0.5) is 0 Å². The third-order valence-corrected chi connectivity index (χ3v) is 3.50. The number of fused-ring (bicyclic) bond motifs is 1. The first-order valence-electron chi connectivity index (χ1n) is 7.47. The molecule has 0 fully saturated rings. The SMILES string of the molecule is COCc1c(C(=O)N[C@H](CC(C)C)C(=O)O)oc2ccccc12. The molecule has 1 amide bonds. The van der Waals surface area contributed by atoms with Gasteiger partial charge in [0.05, 0.1) is 6.61 Å². The minimum atomic E-state index is -1.06. The molecule has 0 bridgehead atoms. The zero-order chi connectivity index (χ0) is 17.0. The summed E-state index contributed by atoms with van der Waals surface area (Å²) in [5, 5.41) is 12.6. The summed E-state index contributed by atoms with van der Waals surface area (Å²) in [4.78, 5) is 23.8. The van der Waals surface area contributed by atoms with E-state index in [1.165, 1.54) is 7.11 Å². The number of carbonyl (C=O) groups is 2. The lowest BCUT2D eigenvalue weighted by Gasteiger charge is -2.16. The number of aliphatic carboxylic acids is 1. The van der Waals surface area contributed by atoms with Crippen LogP contribution in [0.5, 0.6) is 0 Å². The highest BCUT2D eigenvalue weighted by Gasteiger charge is 2.26. The van der Waals surface area contributed by atoms with E-state index < -0.39 is 17.9 Å². The van der Waals surface area contributed by atoms with Crippen LogP contribution in [0.25, 0.3) is 11.0 Å². The Morgan fingerprint density at radius 1 is 1.30 bits per heavy atom. The van der Waals surface area contributed by atoms with Crippen molar-refractivity contribution in [1.29, 1.82) is 0 Å². The molecule has 23 heavy (non-hydrogen) atoms. The third-order valence-electron chi connectivity index (χ3n) is 3.50. The van der Waals surface area contributed by atoms with Gasteiger partial charge in [-0.1, -0.05) is 32.0 Å². The second-order valence-electron chi connectivity index (χ2n) is 5.83. The van der Waals surface area contributed by atoms with Crippen LogP contribution in [0, 0.1) is 5.92 Å². The molecule has 0 saturated carbocycles. The average Bonchev–Trinajstić information content (AvgIpc) is 2.85. The molecule has 6 heteroatoms. The zero-order valence-corrected chi connectivity index (χ0v) is 13.5. The number of carboxylic acid groups (broad SMARTS) is 1. The number of furan rings is 1. The summed E-state index contributed by atoms with van der Waals surface area (Å²) in [6.45, 7) is 4.01. The number of ether oxygens (including phenoxy) is 1. The molecule has 0 radical (unpaired) electrons. The fraction of sp³-hybridized carbons (Fsp3) is 0.412. The van der Waals surface area contributed by atoms with Crippen LogP contribution < -0.4 is 5.32 Å². The maximum atomic E-state index is 12.5. The number of hydrogen-bond donors (Lipinski definition) is 2. The van der Waals surface area contributed by atoms with Crippen molar-refractivity contribution < 1.29 is 23.8 Å². The van der Waals surface area contributed by atoms with Crippen molar-refractivity contribution in [3.05, 3.63) is 35.6 Å². The normalized spacial score (nSPS) is 12.5. The van der Waals surface area contributed by atoms with Crippen molar-refractivity contribution in [3.8, 4) is 0 Å². The Morgan fingerprint density at radius 2 is 2.00 bits per heavy atom. The van der Waals surface area contributed by atoms with Gasteiger partial charge < -0.3 is 19.6 Å². The Labute approximate surface area is 134 Å². The van der Waals surface area contributed by atoms with Crippen LogP contribution in [0.15, 0.2) is 28.7 Å². The molecule has 2 aromatic rings. The Morgan fingerprint density at radius 3 is 2.61 bits per heavy atom. The van der Waals surface area contributed by atoms with Crippen LogP contribution >= 0.6 is 0 Å². The zero-order valence-electron chi connectivity index (χ0n) is 13.5. The first kappa shape index (κ1) is 17.0. The summed E-state index contributed by atoms with van der Waals surface area (Å²) in [5.74, 6) is -1.36. The summed E-state index contributed by atoms with van der Waals surface area (Å²) in [6, 6.07) is 6.30. The van der Waals surface area contributed by atoms with Gasteiger partial charge in [-0.15, -0.1) is 0 Å². The van der Waals surface area contributed by atoms with Crippen molar-refractivity contribution >= 4 is 22.8 Å². The molecule has 1 heterocycles. The number of nitrogens with one attached hydrogen (secondary N) is 1. The highest BCUT2D eigenvalue weighted by atomic mass is 16.5. The fourth-order valence-electron chi connectivity index (χ4n) is 2.49. The van der Waals surface area contributed by atoms with E-state index in [1.807, 2.05) is 32.0 Å². The lowest BCUT2D eigenvalue weighted by Crippen LogP contribution is -2.41. The van der Waals surface area contributed by atoms with E-state index in [9.17, 15) is 14.7 Å². The molecule has 0 aliphatic carbocycles. The number of hydrogen-bond acceptors (Lipinski definition) is 4. The Balaban J connectivity index is 2.32. The molecular formula is C17H21NO5. The molecule has 1 atom stereocenters. The van der Waals surface area contributed by atoms with Crippen LogP contribution in [-0.2, 0) is 16.1 Å². The third kappa shape index (κ3) is 3.90. The van der Waals surface area contributed by atoms with E-state index in [1.54, 1.807) is 6.07 Å². The van der Waals surface area contributed by atoms with Gasteiger partial charge in [0, 0.05) is 18.1 Å². The molecule has 2 N–H and O–H groups in total. The molecule has 0 aliphatic rings. The first-order chi connectivity index (χ1) is 10.9. The molecule has 124 valence electrons. The van der Waals surface area contributed by atoms with Crippen LogP contribution in [-0.4, -0.2) is 30.1 Å². The summed E-state index contributed by atoms with van der Waals surface area (Å²) < 4.78 is 10.8. The summed E-state index contributed by atoms with van der Waals surface area (Å²) in [6.07, 6.45) is 0.348. The van der Waals surface area contributed by atoms with E-state index in [-0.39, 0.29) is 18.3 Å². The number of rotatable bonds is 7. The predicted octanol–water partition coefficient (Wildman–Crippen LogP) is 2.81. The van der Waals surface area contributed by atoms with Crippen molar-refractivity contribution in [3.63, 3.8) is 0 Å². The maximum absolute atomic E-state index is 12.5. The number of carbonyl (C=O) groups excluding carboxylic acids is 1. The van der Waals surface area contributed by atoms with Crippen molar-refractivity contribution in [2.45, 2.75) is 32.9 Å². The van der Waals surface area contributed by atoms with Crippen molar-refractivity contribution in [1.82, 2.24) is 5.32 Å². The molecular weight excluding hydrogens is 298 g/mol. The summed E-state index contributed by atoms with van der Waals surface area (Å²) in [7, 11) is 1.53. The number of benzene rings is 1. The summed E-state index contributed by atoms with van der Waals surface area (Å²) >= 11 is 0. The van der Waals surface area contributed by atoms with Gasteiger partial charge in [-0.25, -0.2) is 4.79 Å². The molecule has 0 aliphatic heterocycles. The molecule has 0 saturated heterocycles. The largest absolute Gasteiger partial charge is 0.480 e. The quantitative estimate of drug-likeness (QED) is 0.819. The molecule has 0 unspecified atom stereocenters. The number of carboxylic acids is 1. The smallest absolute Gasteiger partial charge is 0.326 e. The highest BCUT2D eigenvalue weighted by Crippen LogP contribution is 2.26. The predicted molar refractivity (Wildman–Crippen MR) is 85.3 cm³/mol. The highest BCUT2D eigenvalue weighted by molar-refractivity contribution is 6.00. The number of methoxy groups -OCH3 is 1. The molecule has 1 aromatic carbocycles. The lowest BCUT2D eigenvalue weighted by atomic mass is 10.0. The molecule has 2 rings (SSSR count). The Hall–Kier alpha value is -2.34. The average molecular weight is 319 g/mol. The monoisotopic (exact) mass is 319 g/mol. The molecule has 6 nitrogen and oxygen atoms in total. The van der Waals surface area contributed by atoms with Gasteiger partial charge in [0.25, 0.3) is 5.91 Å². The Kier molecular flexibility index (Phi) is 5.39. The Bertz CT molecular complexity index is 704. The van der Waals surface area contributed by atoms with E-state index in [2.05, 4.69) is 5.32 Å². The van der Waals surface area contributed by atoms with E-state index in [0.29, 0.717) is 17.6 Å². The molecule has 1 aromatic heterocycles. The standard InChI is InChI=1S/C17H21NO5/c1-10(2)8-13(17(20)21)18-16(19)15-12(9-22-3)11-6-4-5-7-14(11)23-15/h4-7,10,13H,8-9H2,1-3H3,(H,18,19)(H,20,21)/t13-/m1/s1. The second kappa shape index (κ2) is 7.28. The van der Waals surface area contributed by atoms with Gasteiger partial charge in [-0.3, -0.25) is 4.79 Å². The maximum Gasteiger partial charge on any atom is 0.326 e. The van der Waals surface area contributed by atoms with E-state index >= 15 is 0 Å². The van der Waals surface area contributed by atoms with Crippen LogP contribution in [0.3, 0.4) is 0 Å². The first-order valence-corrected chi connectivity index (χ1v) is 7.47. The van der Waals surface area contributed by atoms with Gasteiger partial charge in [0.2, 0.25) is 0 Å². The van der Waals surface area contributed by atoms with Crippen molar-refractivity contribution in [2.24, 2.45) is 5.92 Å². The van der Waals surface area contributed by atoms with Crippen molar-refractivity contribution in [2.75, 3.05) is 7.11 Å². The van der Waals surface area contributed by atoms with E-state index in [0.717, 1.165) is 5.39 Å². The van der Waals surface area contributed by atoms with Gasteiger partial charge in [-0.05, 0) is 18.4 Å².